The molecule has 0 bridgehead atoms. The van der Waals surface area contributed by atoms with Gasteiger partial charge in [-0.15, -0.1) is 0 Å². The van der Waals surface area contributed by atoms with Crippen molar-refractivity contribution in [2.45, 2.75) is 0 Å². The van der Waals surface area contributed by atoms with Crippen molar-refractivity contribution in [3.63, 3.8) is 0 Å². The van der Waals surface area contributed by atoms with E-state index in [4.69, 9.17) is 0 Å². The predicted octanol–water partition coefficient (Wildman–Crippen LogP) is 17.2. The average molecular weight is 966 g/mol. The molecule has 3 nitrogen and oxygen atoms in total. The summed E-state index contributed by atoms with van der Waals surface area (Å²) in [5.74, 6) is 0. The number of benzene rings is 12. The molecule has 1 aromatic heterocycles. The van der Waals surface area contributed by atoms with E-state index in [-0.39, 0.29) is 6.71 Å². The number of rotatable bonds is 8. The average Bonchev–Trinajstić information content (AvgIpc) is 4.04. The number of nitrogens with zero attached hydrogens (tertiary/aromatic N) is 3. The predicted molar refractivity (Wildman–Crippen MR) is 322 cm³/mol. The Kier molecular flexibility index (Phi) is 10.3. The van der Waals surface area contributed by atoms with Crippen molar-refractivity contribution in [1.29, 1.82) is 0 Å². The van der Waals surface area contributed by atoms with E-state index in [0.717, 1.165) is 28.1 Å². The van der Waals surface area contributed by atoms with E-state index in [1.807, 2.05) is 0 Å². The van der Waals surface area contributed by atoms with Crippen LogP contribution in [0.4, 0.5) is 34.1 Å². The SMILES string of the molecule is c1ccc(-c2ccc(N3c4cccc5c4B(c4ccc(-c6ccccc6)cc4N5c4cccc(-c5ccccc5)c4)c4ccc5c(c43)c3ccccc3n5-c3c(-c4ccccc4)cccc3-c3ccccc3)cc2)cc1. The molecule has 4 heteroatoms. The van der Waals surface area contributed by atoms with Gasteiger partial charge in [-0.05, 0) is 115 Å². The molecule has 0 spiro atoms. The number of hydrogen-bond acceptors (Lipinski definition) is 2. The Hall–Kier alpha value is -9.90. The molecule has 0 saturated carbocycles. The van der Waals surface area contributed by atoms with Gasteiger partial charge in [0.1, 0.15) is 0 Å². The minimum Gasteiger partial charge on any atom is -0.311 e. The fourth-order valence-corrected chi connectivity index (χ4v) is 12.4. The molecule has 0 aliphatic carbocycles. The standard InChI is InChI=1S/C72H48BN3/c1-6-21-49(22-7-1)52-39-42-57(43-40-52)75-67-38-20-37-66-70(67)73(62-44-41-56(51-25-10-3-11-26-51)48-68(62)74(66)58-32-18-31-55(47-58)50-23-8-2-9-24-50)63-45-46-65-69(72(63)75)61-33-16-17-36-64(61)76(65)71-59(53-27-12-4-13-28-53)34-19-35-60(71)54-29-14-5-15-30-54/h1-48H. The molecule has 0 amide bonds. The molecule has 0 atom stereocenters. The summed E-state index contributed by atoms with van der Waals surface area (Å²) in [6, 6.07) is 107. The van der Waals surface area contributed by atoms with Gasteiger partial charge in [0.15, 0.2) is 0 Å². The Bertz CT molecular complexity index is 4270. The maximum absolute atomic E-state index is 2.58. The van der Waals surface area contributed by atoms with E-state index in [1.54, 1.807) is 0 Å². The van der Waals surface area contributed by atoms with Crippen molar-refractivity contribution in [1.82, 2.24) is 4.57 Å². The number of fused-ring (bicyclic) bond motifs is 8. The third-order valence-electron chi connectivity index (χ3n) is 15.8. The minimum absolute atomic E-state index is 0.0857. The topological polar surface area (TPSA) is 11.4 Å². The first-order chi connectivity index (χ1) is 37.7. The molecule has 76 heavy (non-hydrogen) atoms. The van der Waals surface area contributed by atoms with Crippen molar-refractivity contribution >= 4 is 79.0 Å². The Morgan fingerprint density at radius 2 is 0.737 bits per heavy atom. The molecular weight excluding hydrogens is 918 g/mol. The van der Waals surface area contributed by atoms with Gasteiger partial charge in [-0.1, -0.05) is 237 Å². The van der Waals surface area contributed by atoms with Crippen LogP contribution in [-0.4, -0.2) is 11.3 Å². The molecule has 0 radical (unpaired) electrons. The molecule has 12 aromatic carbocycles. The van der Waals surface area contributed by atoms with Gasteiger partial charge in [-0.2, -0.15) is 0 Å². The smallest absolute Gasteiger partial charge is 0.252 e. The van der Waals surface area contributed by atoms with E-state index in [0.29, 0.717) is 0 Å². The summed E-state index contributed by atoms with van der Waals surface area (Å²) in [4.78, 5) is 5.11. The van der Waals surface area contributed by atoms with Crippen LogP contribution in [0, 0.1) is 0 Å². The van der Waals surface area contributed by atoms with Crippen LogP contribution in [0.25, 0.3) is 83.1 Å². The maximum Gasteiger partial charge on any atom is 0.252 e. The largest absolute Gasteiger partial charge is 0.311 e. The highest BCUT2D eigenvalue weighted by Gasteiger charge is 2.44. The molecule has 0 saturated heterocycles. The van der Waals surface area contributed by atoms with Crippen LogP contribution in [0.3, 0.4) is 0 Å². The van der Waals surface area contributed by atoms with Crippen LogP contribution in [0.1, 0.15) is 0 Å². The maximum atomic E-state index is 2.58. The molecule has 0 N–H and O–H groups in total. The summed E-state index contributed by atoms with van der Waals surface area (Å²) >= 11 is 0. The van der Waals surface area contributed by atoms with Gasteiger partial charge in [0.05, 0.1) is 22.4 Å². The lowest BCUT2D eigenvalue weighted by Crippen LogP contribution is -2.61. The first-order valence-electron chi connectivity index (χ1n) is 26.3. The van der Waals surface area contributed by atoms with Gasteiger partial charge in [-0.25, -0.2) is 0 Å². The van der Waals surface area contributed by atoms with Crippen LogP contribution in [0.5, 0.6) is 0 Å². The summed E-state index contributed by atoms with van der Waals surface area (Å²) in [6.45, 7) is -0.0857. The summed E-state index contributed by atoms with van der Waals surface area (Å²) in [5.41, 5.74) is 26.1. The zero-order valence-corrected chi connectivity index (χ0v) is 41.6. The Balaban J connectivity index is 1.04. The van der Waals surface area contributed by atoms with E-state index in [1.165, 1.54) is 106 Å². The van der Waals surface area contributed by atoms with Crippen LogP contribution < -0.4 is 26.2 Å². The third-order valence-corrected chi connectivity index (χ3v) is 15.8. The number of aromatic nitrogens is 1. The van der Waals surface area contributed by atoms with E-state index in [9.17, 15) is 0 Å². The van der Waals surface area contributed by atoms with Gasteiger partial charge in [0, 0.05) is 50.3 Å². The van der Waals surface area contributed by atoms with E-state index >= 15 is 0 Å². The fraction of sp³-hybridized carbons (Fsp3) is 0. The molecular formula is C72H48BN3. The second kappa shape index (κ2) is 17.9. The molecule has 2 aliphatic heterocycles. The van der Waals surface area contributed by atoms with Gasteiger partial charge < -0.3 is 14.4 Å². The molecule has 354 valence electrons. The lowest BCUT2D eigenvalue weighted by molar-refractivity contribution is 1.18. The second-order valence-electron chi connectivity index (χ2n) is 20.0. The van der Waals surface area contributed by atoms with Crippen LogP contribution in [-0.2, 0) is 0 Å². The van der Waals surface area contributed by atoms with Crippen molar-refractivity contribution in [2.24, 2.45) is 0 Å². The summed E-state index contributed by atoms with van der Waals surface area (Å²) < 4.78 is 2.56. The Morgan fingerprint density at radius 3 is 1.37 bits per heavy atom. The third kappa shape index (κ3) is 6.99. The van der Waals surface area contributed by atoms with Crippen LogP contribution in [0.2, 0.25) is 0 Å². The Morgan fingerprint density at radius 1 is 0.263 bits per heavy atom. The lowest BCUT2D eigenvalue weighted by Gasteiger charge is -2.44. The molecule has 3 heterocycles. The number of hydrogen-bond donors (Lipinski definition) is 0. The monoisotopic (exact) mass is 965 g/mol. The lowest BCUT2D eigenvalue weighted by atomic mass is 9.33. The van der Waals surface area contributed by atoms with Gasteiger partial charge in [0.25, 0.3) is 6.71 Å². The highest BCUT2D eigenvalue weighted by Crippen LogP contribution is 2.50. The minimum atomic E-state index is -0.0857. The van der Waals surface area contributed by atoms with Crippen molar-refractivity contribution in [3.05, 3.63) is 291 Å². The summed E-state index contributed by atoms with van der Waals surface area (Å²) in [5, 5.41) is 2.43. The van der Waals surface area contributed by atoms with Gasteiger partial charge in [0.2, 0.25) is 0 Å². The van der Waals surface area contributed by atoms with Crippen molar-refractivity contribution in [2.75, 3.05) is 9.80 Å². The molecule has 2 aliphatic rings. The highest BCUT2D eigenvalue weighted by molar-refractivity contribution is 7.00. The zero-order valence-electron chi connectivity index (χ0n) is 41.6. The van der Waals surface area contributed by atoms with Crippen LogP contribution >= 0.6 is 0 Å². The van der Waals surface area contributed by atoms with Gasteiger partial charge >= 0.3 is 0 Å². The molecule has 15 rings (SSSR count). The highest BCUT2D eigenvalue weighted by atomic mass is 15.2. The first-order valence-corrected chi connectivity index (χ1v) is 26.3. The molecule has 0 fully saturated rings. The zero-order chi connectivity index (χ0) is 50.1. The molecule has 0 unspecified atom stereocenters. The fourth-order valence-electron chi connectivity index (χ4n) is 12.4. The number of para-hydroxylation sites is 2. The van der Waals surface area contributed by atoms with Crippen LogP contribution in [0.15, 0.2) is 291 Å². The van der Waals surface area contributed by atoms with E-state index in [2.05, 4.69) is 306 Å². The molecule has 13 aromatic rings. The van der Waals surface area contributed by atoms with E-state index < -0.39 is 0 Å². The summed E-state index contributed by atoms with van der Waals surface area (Å²) in [6.07, 6.45) is 0. The van der Waals surface area contributed by atoms with Gasteiger partial charge in [-0.3, -0.25) is 0 Å². The number of anilines is 6. The first kappa shape index (κ1) is 43.7. The quantitative estimate of drug-likeness (QED) is 0.141. The Labute approximate surface area is 443 Å². The summed E-state index contributed by atoms with van der Waals surface area (Å²) in [7, 11) is 0. The normalized spacial score (nSPS) is 12.4. The van der Waals surface area contributed by atoms with Crippen molar-refractivity contribution in [3.8, 4) is 61.3 Å². The van der Waals surface area contributed by atoms with Crippen molar-refractivity contribution < 1.29 is 0 Å². The second-order valence-corrected chi connectivity index (χ2v) is 20.0.